The van der Waals surface area contributed by atoms with Crippen molar-refractivity contribution in [2.24, 2.45) is 5.41 Å². The molecule has 33 heavy (non-hydrogen) atoms. The van der Waals surface area contributed by atoms with Gasteiger partial charge in [-0.1, -0.05) is 6.58 Å². The van der Waals surface area contributed by atoms with Crippen molar-refractivity contribution in [1.82, 2.24) is 20.6 Å². The van der Waals surface area contributed by atoms with Gasteiger partial charge in [0.05, 0.1) is 42.0 Å². The number of morpholine rings is 1. The highest BCUT2D eigenvalue weighted by Crippen LogP contribution is 2.51. The van der Waals surface area contributed by atoms with Crippen LogP contribution in [0.15, 0.2) is 35.3 Å². The molecule has 2 N–H and O–H groups in total. The molecular weight excluding hydrogens is 500 g/mol. The van der Waals surface area contributed by atoms with E-state index in [2.05, 4.69) is 43.1 Å². The number of carbonyl (C=O) groups is 2. The van der Waals surface area contributed by atoms with Gasteiger partial charge in [0.1, 0.15) is 10.0 Å². The summed E-state index contributed by atoms with van der Waals surface area (Å²) in [5, 5.41) is 4.92. The number of anilines is 1. The number of urea groups is 1. The molecule has 8 nitrogen and oxygen atoms in total. The van der Waals surface area contributed by atoms with Gasteiger partial charge in [-0.3, -0.25) is 15.1 Å². The number of nitrogens with zero attached hydrogens (tertiary/aromatic N) is 3. The van der Waals surface area contributed by atoms with Crippen LogP contribution in [0, 0.1) is 17.0 Å². The Labute approximate surface area is 196 Å². The smallest absolute Gasteiger partial charge is 0.325 e. The van der Waals surface area contributed by atoms with E-state index in [-0.39, 0.29) is 41.7 Å². The van der Waals surface area contributed by atoms with Crippen molar-refractivity contribution in [2.45, 2.75) is 38.5 Å². The summed E-state index contributed by atoms with van der Waals surface area (Å²) in [6, 6.07) is 0.106. The van der Waals surface area contributed by atoms with Crippen molar-refractivity contribution >= 4 is 33.6 Å². The van der Waals surface area contributed by atoms with Gasteiger partial charge >= 0.3 is 6.03 Å². The van der Waals surface area contributed by atoms with E-state index >= 15 is 8.78 Å². The second kappa shape index (κ2) is 7.56. The summed E-state index contributed by atoms with van der Waals surface area (Å²) < 4.78 is 37.4. The van der Waals surface area contributed by atoms with Gasteiger partial charge in [0.2, 0.25) is 5.91 Å². The quantitative estimate of drug-likeness (QED) is 0.601. The number of aromatic nitrogens is 2. The number of rotatable bonds is 1. The lowest BCUT2D eigenvalue weighted by Gasteiger charge is -2.57. The number of amides is 3. The van der Waals surface area contributed by atoms with Crippen molar-refractivity contribution in [3.05, 3.63) is 52.5 Å². The molecule has 0 bridgehead atoms. The van der Waals surface area contributed by atoms with E-state index in [1.165, 1.54) is 18.5 Å². The summed E-state index contributed by atoms with van der Waals surface area (Å²) in [6.07, 6.45) is 1.89. The van der Waals surface area contributed by atoms with Crippen molar-refractivity contribution in [2.75, 3.05) is 11.4 Å². The molecule has 11 heteroatoms. The number of ether oxygens (including phenoxy) is 1. The van der Waals surface area contributed by atoms with Crippen LogP contribution in [0.25, 0.3) is 11.3 Å². The van der Waals surface area contributed by atoms with Gasteiger partial charge in [-0.2, -0.15) is 0 Å². The van der Waals surface area contributed by atoms with Crippen LogP contribution >= 0.6 is 15.9 Å². The zero-order valence-electron chi connectivity index (χ0n) is 17.8. The zero-order chi connectivity index (χ0) is 23.7. The molecule has 0 aliphatic carbocycles. The van der Waals surface area contributed by atoms with Gasteiger partial charge in [0.25, 0.3) is 0 Å². The molecule has 2 unspecified atom stereocenters. The fraction of sp³-hybridized carbons (Fsp3) is 0.364. The van der Waals surface area contributed by atoms with Crippen molar-refractivity contribution < 1.29 is 23.1 Å². The second-order valence-electron chi connectivity index (χ2n) is 8.57. The maximum atomic E-state index is 15.6. The molecular formula is C22H20BrF2N5O3. The molecule has 1 aromatic heterocycles. The number of hydrogen-bond donors (Lipinski definition) is 2. The minimum Gasteiger partial charge on any atom is -0.372 e. The number of carbonyl (C=O) groups excluding carboxylic acids is 2. The van der Waals surface area contributed by atoms with E-state index < -0.39 is 41.1 Å². The highest BCUT2D eigenvalue weighted by molar-refractivity contribution is 9.10. The van der Waals surface area contributed by atoms with Crippen molar-refractivity contribution in [3.63, 3.8) is 0 Å². The first-order chi connectivity index (χ1) is 15.6. The SMILES string of the molecule is C=C1NC(=O)NC(=O)C12Cc1cc(-c3cnc(Br)cn3)c(F)c(F)c1N1C[C@@H](C)O[C@@H](C)C12. The molecule has 2 fully saturated rings. The Hall–Kier alpha value is -2.92. The molecule has 2 aromatic rings. The molecule has 3 aliphatic heterocycles. The van der Waals surface area contributed by atoms with Crippen LogP contribution in [0.1, 0.15) is 19.4 Å². The first-order valence-electron chi connectivity index (χ1n) is 10.4. The molecule has 5 rings (SSSR count). The van der Waals surface area contributed by atoms with Gasteiger partial charge in [0, 0.05) is 17.8 Å². The molecule has 3 aliphatic rings. The Bertz CT molecular complexity index is 1190. The molecule has 2 saturated heterocycles. The molecule has 4 heterocycles. The third-order valence-corrected chi connectivity index (χ3v) is 6.94. The largest absolute Gasteiger partial charge is 0.372 e. The van der Waals surface area contributed by atoms with Gasteiger partial charge in [-0.25, -0.2) is 18.6 Å². The number of halogens is 3. The Morgan fingerprint density at radius 3 is 2.64 bits per heavy atom. The summed E-state index contributed by atoms with van der Waals surface area (Å²) in [4.78, 5) is 35.1. The highest BCUT2D eigenvalue weighted by Gasteiger charge is 2.60. The van der Waals surface area contributed by atoms with Crippen LogP contribution in [-0.4, -0.2) is 46.7 Å². The lowest BCUT2D eigenvalue weighted by Crippen LogP contribution is -2.72. The first-order valence-corrected chi connectivity index (χ1v) is 11.2. The monoisotopic (exact) mass is 519 g/mol. The molecule has 172 valence electrons. The zero-order valence-corrected chi connectivity index (χ0v) is 19.4. The van der Waals surface area contributed by atoms with Crippen LogP contribution in [0.2, 0.25) is 0 Å². The first kappa shape index (κ1) is 21.9. The number of benzene rings is 1. The minimum absolute atomic E-state index is 0.00924. The van der Waals surface area contributed by atoms with E-state index in [1.807, 2.05) is 6.92 Å². The molecule has 0 saturated carbocycles. The maximum Gasteiger partial charge on any atom is 0.325 e. The number of imide groups is 1. The minimum atomic E-state index is -1.34. The van der Waals surface area contributed by atoms with Gasteiger partial charge in [-0.15, -0.1) is 0 Å². The average molecular weight is 520 g/mol. The van der Waals surface area contributed by atoms with Crippen LogP contribution in [-0.2, 0) is 16.0 Å². The Balaban J connectivity index is 1.74. The Kier molecular flexibility index (Phi) is 5.02. The highest BCUT2D eigenvalue weighted by atomic mass is 79.9. The van der Waals surface area contributed by atoms with E-state index in [4.69, 9.17) is 4.74 Å². The predicted molar refractivity (Wildman–Crippen MR) is 118 cm³/mol. The standard InChI is InChI=1S/C22H20BrF2N5O3/c1-9-8-30-18-12(4-13(16(24)17(18)25)14-6-27-15(23)7-26-14)5-22(19(30)10(2)33-9)11(3)28-21(32)29-20(22)31/h4,6-7,9-10,19H,3,5,8H2,1-2H3,(H2,28,29,31,32)/t9-,10+,19?,22?/m1/s1. The number of hydrogen-bond acceptors (Lipinski definition) is 6. The van der Waals surface area contributed by atoms with Gasteiger partial charge in [0.15, 0.2) is 11.6 Å². The maximum absolute atomic E-state index is 15.6. The fourth-order valence-corrected chi connectivity index (χ4v) is 5.52. The van der Waals surface area contributed by atoms with Crippen molar-refractivity contribution in [3.8, 4) is 11.3 Å². The predicted octanol–water partition coefficient (Wildman–Crippen LogP) is 3.06. The molecule has 4 atom stereocenters. The Morgan fingerprint density at radius 1 is 1.21 bits per heavy atom. The van der Waals surface area contributed by atoms with Crippen LogP contribution in [0.5, 0.6) is 0 Å². The molecule has 3 amide bonds. The van der Waals surface area contributed by atoms with Crippen LogP contribution < -0.4 is 15.5 Å². The lowest BCUT2D eigenvalue weighted by molar-refractivity contribution is -0.136. The summed E-state index contributed by atoms with van der Waals surface area (Å²) in [5.41, 5.74) is -0.586. The van der Waals surface area contributed by atoms with Crippen LogP contribution in [0.3, 0.4) is 0 Å². The van der Waals surface area contributed by atoms with Crippen molar-refractivity contribution in [1.29, 1.82) is 0 Å². The van der Waals surface area contributed by atoms with E-state index in [9.17, 15) is 9.59 Å². The normalized spacial score (nSPS) is 28.8. The fourth-order valence-electron chi connectivity index (χ4n) is 5.31. The van der Waals surface area contributed by atoms with Crippen LogP contribution in [0.4, 0.5) is 19.3 Å². The Morgan fingerprint density at radius 2 is 1.97 bits per heavy atom. The summed E-state index contributed by atoms with van der Waals surface area (Å²) in [7, 11) is 0. The summed E-state index contributed by atoms with van der Waals surface area (Å²) in [5.74, 6) is -2.64. The number of fused-ring (bicyclic) bond motifs is 4. The van der Waals surface area contributed by atoms with Gasteiger partial charge in [-0.05, 0) is 47.8 Å². The molecule has 0 radical (unpaired) electrons. The average Bonchev–Trinajstić information content (AvgIpc) is 2.74. The topological polar surface area (TPSA) is 96.5 Å². The molecule has 1 spiro atoms. The number of nitrogens with one attached hydrogen (secondary N) is 2. The summed E-state index contributed by atoms with van der Waals surface area (Å²) >= 11 is 3.18. The van der Waals surface area contributed by atoms with E-state index in [0.29, 0.717) is 10.2 Å². The van der Waals surface area contributed by atoms with E-state index in [0.717, 1.165) is 0 Å². The lowest BCUT2D eigenvalue weighted by atomic mass is 9.65. The third kappa shape index (κ3) is 3.17. The van der Waals surface area contributed by atoms with E-state index in [1.54, 1.807) is 11.8 Å². The second-order valence-corrected chi connectivity index (χ2v) is 9.38. The molecule has 1 aromatic carbocycles. The summed E-state index contributed by atoms with van der Waals surface area (Å²) in [6.45, 7) is 7.80. The van der Waals surface area contributed by atoms with Gasteiger partial charge < -0.3 is 15.0 Å². The third-order valence-electron chi connectivity index (χ3n) is 6.53.